The van der Waals surface area contributed by atoms with Crippen LogP contribution in [-0.4, -0.2) is 39.9 Å². The topological polar surface area (TPSA) is 66.8 Å². The highest BCUT2D eigenvalue weighted by molar-refractivity contribution is 5.90. The van der Waals surface area contributed by atoms with Crippen LogP contribution in [0.1, 0.15) is 99.3 Å². The van der Waals surface area contributed by atoms with E-state index in [2.05, 4.69) is 27.7 Å². The Balaban J connectivity index is 1.29. The molecule has 0 aromatic heterocycles. The van der Waals surface area contributed by atoms with E-state index in [9.17, 15) is 15.0 Å². The largest absolute Gasteiger partial charge is 0.393 e. The van der Waals surface area contributed by atoms with E-state index in [4.69, 9.17) is 4.74 Å². The molecule has 6 fully saturated rings. The first-order chi connectivity index (χ1) is 15.3. The van der Waals surface area contributed by atoms with Crippen molar-refractivity contribution in [3.8, 4) is 0 Å². The average molecular weight is 459 g/mol. The van der Waals surface area contributed by atoms with Crippen LogP contribution in [0, 0.1) is 51.2 Å². The fourth-order valence-corrected chi connectivity index (χ4v) is 11.6. The molecule has 0 aromatic carbocycles. The van der Waals surface area contributed by atoms with E-state index in [0.29, 0.717) is 34.0 Å². The maximum atomic E-state index is 12.8. The van der Waals surface area contributed by atoms with Crippen molar-refractivity contribution in [2.24, 2.45) is 51.2 Å². The summed E-state index contributed by atoms with van der Waals surface area (Å²) in [6.45, 7) is 13.0. The predicted molar refractivity (Wildman–Crippen MR) is 127 cm³/mol. The van der Waals surface area contributed by atoms with Gasteiger partial charge in [-0.25, -0.2) is 0 Å². The lowest BCUT2D eigenvalue weighted by molar-refractivity contribution is -0.161. The lowest BCUT2D eigenvalue weighted by atomic mass is 9.46. The van der Waals surface area contributed by atoms with Crippen LogP contribution in [-0.2, 0) is 9.53 Å². The Bertz CT molecular complexity index is 858. The van der Waals surface area contributed by atoms with Crippen LogP contribution >= 0.6 is 0 Å². The number of aliphatic hydroxyl groups is 2. The van der Waals surface area contributed by atoms with E-state index >= 15 is 0 Å². The van der Waals surface area contributed by atoms with E-state index in [-0.39, 0.29) is 23.4 Å². The maximum Gasteiger partial charge on any atom is 0.192 e. The molecule has 186 valence electrons. The molecule has 0 amide bonds. The number of carbonyl (C=O) groups excluding carboxylic acids is 1. The normalized spacial score (nSPS) is 56.6. The van der Waals surface area contributed by atoms with Gasteiger partial charge in [0.25, 0.3) is 0 Å². The zero-order valence-electron chi connectivity index (χ0n) is 21.7. The second kappa shape index (κ2) is 6.65. The molecule has 0 radical (unpaired) electrons. The smallest absolute Gasteiger partial charge is 0.192 e. The summed E-state index contributed by atoms with van der Waals surface area (Å²) < 4.78 is 6.52. The number of hydrogen-bond acceptors (Lipinski definition) is 4. The third-order valence-electron chi connectivity index (χ3n) is 13.1. The summed E-state index contributed by atoms with van der Waals surface area (Å²) in [5, 5.41) is 21.2. The molecular formula is C29H46O4. The summed E-state index contributed by atoms with van der Waals surface area (Å²) in [5.41, 5.74) is -0.0622. The Labute approximate surface area is 200 Å². The summed E-state index contributed by atoms with van der Waals surface area (Å²) in [4.78, 5) is 12.8. The molecule has 6 rings (SSSR count). The van der Waals surface area contributed by atoms with Gasteiger partial charge in [0, 0.05) is 0 Å². The molecule has 2 spiro atoms. The summed E-state index contributed by atoms with van der Waals surface area (Å²) in [7, 11) is 0. The molecule has 11 atom stereocenters. The van der Waals surface area contributed by atoms with Crippen LogP contribution in [0.4, 0.5) is 0 Å². The van der Waals surface area contributed by atoms with Gasteiger partial charge in [-0.1, -0.05) is 27.7 Å². The van der Waals surface area contributed by atoms with Crippen molar-refractivity contribution in [3.05, 3.63) is 0 Å². The number of hydrogen-bond donors (Lipinski definition) is 2. The second-order valence-corrected chi connectivity index (χ2v) is 14.5. The van der Waals surface area contributed by atoms with Crippen molar-refractivity contribution in [1.82, 2.24) is 0 Å². The van der Waals surface area contributed by atoms with Crippen LogP contribution in [0.3, 0.4) is 0 Å². The number of aliphatic hydroxyl groups excluding tert-OH is 1. The van der Waals surface area contributed by atoms with E-state index in [1.54, 1.807) is 13.8 Å². The Morgan fingerprint density at radius 1 is 0.909 bits per heavy atom. The molecular weight excluding hydrogens is 412 g/mol. The Morgan fingerprint density at radius 3 is 2.30 bits per heavy atom. The highest BCUT2D eigenvalue weighted by Gasteiger charge is 2.84. The molecule has 0 bridgehead atoms. The van der Waals surface area contributed by atoms with Gasteiger partial charge in [0.15, 0.2) is 5.78 Å². The number of carbonyl (C=O) groups is 1. The molecule has 6 aliphatic rings. The quantitative estimate of drug-likeness (QED) is 0.601. The molecule has 4 heteroatoms. The Morgan fingerprint density at radius 2 is 1.61 bits per heavy atom. The zero-order chi connectivity index (χ0) is 23.8. The van der Waals surface area contributed by atoms with Crippen LogP contribution in [0.25, 0.3) is 0 Å². The van der Waals surface area contributed by atoms with E-state index in [1.807, 2.05) is 0 Å². The summed E-state index contributed by atoms with van der Waals surface area (Å²) in [6, 6.07) is 0. The molecule has 1 aliphatic heterocycles. The summed E-state index contributed by atoms with van der Waals surface area (Å²) in [5.74, 6) is 3.29. The Hall–Kier alpha value is -0.450. The second-order valence-electron chi connectivity index (χ2n) is 14.5. The van der Waals surface area contributed by atoms with Crippen molar-refractivity contribution in [3.63, 3.8) is 0 Å². The highest BCUT2D eigenvalue weighted by atomic mass is 16.5. The fourth-order valence-electron chi connectivity index (χ4n) is 11.6. The highest BCUT2D eigenvalue weighted by Crippen LogP contribution is 2.89. The Kier molecular flexibility index (Phi) is 4.63. The monoisotopic (exact) mass is 458 g/mol. The van der Waals surface area contributed by atoms with Gasteiger partial charge in [-0.05, 0) is 123 Å². The van der Waals surface area contributed by atoms with Crippen molar-refractivity contribution in [1.29, 1.82) is 0 Å². The first-order valence-corrected chi connectivity index (χ1v) is 13.9. The summed E-state index contributed by atoms with van der Waals surface area (Å²) in [6.07, 6.45) is 9.91. The van der Waals surface area contributed by atoms with Gasteiger partial charge in [0.05, 0.1) is 12.2 Å². The molecule has 1 saturated heterocycles. The predicted octanol–water partition coefficient (Wildman–Crippen LogP) is 5.14. The molecule has 5 saturated carbocycles. The standard InChI is InChI=1S/C29H46O4/c1-16-28-14-13-27(6)18-7-9-20(24(31)26(4,5)32)33-21(18)15-19(27)17(28)8-10-22-25(2,3)23(30)11-12-29(16,22)28/h16-23,30,32H,7-15H2,1-6H3/t16-,17-,18?,19?,20+,21?,22?,23-,27+,28-,29?/m0/s1. The van der Waals surface area contributed by atoms with Crippen molar-refractivity contribution < 1.29 is 19.7 Å². The van der Waals surface area contributed by atoms with Gasteiger partial charge in [-0.2, -0.15) is 0 Å². The maximum absolute atomic E-state index is 12.8. The zero-order valence-corrected chi connectivity index (χ0v) is 21.7. The minimum Gasteiger partial charge on any atom is -0.393 e. The van der Waals surface area contributed by atoms with Crippen LogP contribution in [0.15, 0.2) is 0 Å². The van der Waals surface area contributed by atoms with Gasteiger partial charge < -0.3 is 14.9 Å². The third kappa shape index (κ3) is 2.57. The van der Waals surface area contributed by atoms with Gasteiger partial charge in [-0.3, -0.25) is 4.79 Å². The van der Waals surface area contributed by atoms with Crippen LogP contribution in [0.2, 0.25) is 0 Å². The molecule has 0 aromatic rings. The third-order valence-corrected chi connectivity index (χ3v) is 13.1. The fraction of sp³-hybridized carbons (Fsp3) is 0.966. The number of ether oxygens (including phenoxy) is 1. The van der Waals surface area contributed by atoms with Gasteiger partial charge in [0.1, 0.15) is 11.7 Å². The van der Waals surface area contributed by atoms with Gasteiger partial charge in [0.2, 0.25) is 0 Å². The molecule has 1 heterocycles. The summed E-state index contributed by atoms with van der Waals surface area (Å²) >= 11 is 0. The molecule has 2 N–H and O–H groups in total. The lowest BCUT2D eigenvalue weighted by Gasteiger charge is -2.59. The van der Waals surface area contributed by atoms with Crippen LogP contribution in [0.5, 0.6) is 0 Å². The van der Waals surface area contributed by atoms with Crippen molar-refractivity contribution in [2.75, 3.05) is 0 Å². The lowest BCUT2D eigenvalue weighted by Crippen LogP contribution is -2.54. The first-order valence-electron chi connectivity index (χ1n) is 13.9. The number of rotatable bonds is 2. The number of Topliss-reactive ketones (excluding diaryl/α,β-unsaturated/α-hetero) is 1. The van der Waals surface area contributed by atoms with E-state index < -0.39 is 11.7 Å². The average Bonchev–Trinajstić information content (AvgIpc) is 3.13. The van der Waals surface area contributed by atoms with E-state index in [0.717, 1.165) is 37.5 Å². The van der Waals surface area contributed by atoms with Gasteiger partial charge in [-0.15, -0.1) is 0 Å². The minimum atomic E-state index is -1.32. The first kappa shape index (κ1) is 23.0. The van der Waals surface area contributed by atoms with Gasteiger partial charge >= 0.3 is 0 Å². The molecule has 33 heavy (non-hydrogen) atoms. The van der Waals surface area contributed by atoms with Crippen molar-refractivity contribution >= 4 is 5.78 Å². The molecule has 5 aliphatic carbocycles. The number of fused-ring (bicyclic) bond motifs is 4. The van der Waals surface area contributed by atoms with E-state index in [1.165, 1.54) is 32.1 Å². The molecule has 4 nitrogen and oxygen atoms in total. The molecule has 5 unspecified atom stereocenters. The SMILES string of the molecule is C[C@@H]1C23CC[C@H](O)C(C)(C)C2CC[C@H]2C4CC5O[C@@H](C(=O)C(C)(C)O)CCC5[C@@]4(C)CC[C@]123. The number of ketones is 1. The van der Waals surface area contributed by atoms with Crippen molar-refractivity contribution in [2.45, 2.75) is 123 Å². The minimum absolute atomic E-state index is 0.0270. The van der Waals surface area contributed by atoms with Crippen LogP contribution < -0.4 is 0 Å².